The van der Waals surface area contributed by atoms with Crippen LogP contribution < -0.4 is 10.1 Å². The predicted molar refractivity (Wildman–Crippen MR) is 83.7 cm³/mol. The second-order valence-electron chi connectivity index (χ2n) is 5.63. The van der Waals surface area contributed by atoms with Crippen LogP contribution in [-0.4, -0.2) is 12.5 Å². The van der Waals surface area contributed by atoms with Gasteiger partial charge in [0.05, 0.1) is 5.92 Å². The summed E-state index contributed by atoms with van der Waals surface area (Å²) in [7, 11) is 0. The van der Waals surface area contributed by atoms with E-state index in [-0.39, 0.29) is 11.8 Å². The standard InChI is InChI=1S/C18H19NO2/c1-12-7-8-13(2)16(9-12)19-18(20)15-10-14-5-3-4-6-17(14)21-11-15/h3-9,15H,10-11H2,1-2H3,(H,19,20)/t15-/m1/s1. The van der Waals surface area contributed by atoms with Crippen LogP contribution in [0.4, 0.5) is 5.69 Å². The molecule has 1 heterocycles. The van der Waals surface area contributed by atoms with Gasteiger partial charge in [-0.1, -0.05) is 30.3 Å². The van der Waals surface area contributed by atoms with Gasteiger partial charge in [-0.05, 0) is 49.1 Å². The minimum absolute atomic E-state index is 0.0261. The lowest BCUT2D eigenvalue weighted by Gasteiger charge is -2.24. The molecule has 21 heavy (non-hydrogen) atoms. The van der Waals surface area contributed by atoms with Crippen LogP contribution in [0.3, 0.4) is 0 Å². The molecule has 0 saturated heterocycles. The van der Waals surface area contributed by atoms with E-state index in [4.69, 9.17) is 4.74 Å². The SMILES string of the molecule is Cc1ccc(C)c(NC(=O)[C@H]2COc3ccccc3C2)c1. The van der Waals surface area contributed by atoms with Crippen molar-refractivity contribution in [1.82, 2.24) is 0 Å². The zero-order chi connectivity index (χ0) is 14.8. The number of nitrogens with one attached hydrogen (secondary N) is 1. The molecule has 0 unspecified atom stereocenters. The van der Waals surface area contributed by atoms with Gasteiger partial charge in [0.2, 0.25) is 5.91 Å². The Bertz CT molecular complexity index is 679. The quantitative estimate of drug-likeness (QED) is 0.915. The molecule has 0 fully saturated rings. The number of carbonyl (C=O) groups is 1. The van der Waals surface area contributed by atoms with Crippen LogP contribution in [-0.2, 0) is 11.2 Å². The molecule has 2 aromatic carbocycles. The number of aryl methyl sites for hydroxylation is 2. The molecular formula is C18H19NO2. The van der Waals surface area contributed by atoms with Crippen LogP contribution in [0.25, 0.3) is 0 Å². The Kier molecular flexibility index (Phi) is 3.65. The Morgan fingerprint density at radius 2 is 2.00 bits per heavy atom. The molecule has 3 nitrogen and oxygen atoms in total. The number of fused-ring (bicyclic) bond motifs is 1. The van der Waals surface area contributed by atoms with E-state index >= 15 is 0 Å². The summed E-state index contributed by atoms with van der Waals surface area (Å²) in [5, 5.41) is 3.03. The maximum absolute atomic E-state index is 12.4. The highest BCUT2D eigenvalue weighted by Crippen LogP contribution is 2.27. The van der Waals surface area contributed by atoms with Crippen molar-refractivity contribution in [3.8, 4) is 5.75 Å². The molecule has 0 spiro atoms. The van der Waals surface area contributed by atoms with Crippen LogP contribution in [0, 0.1) is 19.8 Å². The molecule has 1 atom stereocenters. The third-order valence-corrected chi connectivity index (χ3v) is 3.90. The van der Waals surface area contributed by atoms with Gasteiger partial charge in [0.1, 0.15) is 12.4 Å². The first-order valence-electron chi connectivity index (χ1n) is 7.22. The van der Waals surface area contributed by atoms with E-state index in [0.717, 1.165) is 34.5 Å². The van der Waals surface area contributed by atoms with Gasteiger partial charge in [0.15, 0.2) is 0 Å². The third-order valence-electron chi connectivity index (χ3n) is 3.90. The van der Waals surface area contributed by atoms with E-state index in [2.05, 4.69) is 5.32 Å². The molecule has 0 saturated carbocycles. The van der Waals surface area contributed by atoms with Crippen molar-refractivity contribution in [2.75, 3.05) is 11.9 Å². The Morgan fingerprint density at radius 3 is 2.86 bits per heavy atom. The van der Waals surface area contributed by atoms with Gasteiger partial charge in [-0.25, -0.2) is 0 Å². The monoisotopic (exact) mass is 281 g/mol. The molecule has 1 aliphatic rings. The maximum atomic E-state index is 12.4. The van der Waals surface area contributed by atoms with Crippen molar-refractivity contribution >= 4 is 11.6 Å². The number of para-hydroxylation sites is 1. The highest BCUT2D eigenvalue weighted by molar-refractivity contribution is 5.93. The lowest BCUT2D eigenvalue weighted by Crippen LogP contribution is -2.32. The summed E-state index contributed by atoms with van der Waals surface area (Å²) in [6.07, 6.45) is 0.729. The van der Waals surface area contributed by atoms with Crippen LogP contribution in [0.2, 0.25) is 0 Å². The van der Waals surface area contributed by atoms with Gasteiger partial charge < -0.3 is 10.1 Å². The number of rotatable bonds is 2. The average Bonchev–Trinajstić information content (AvgIpc) is 2.50. The number of benzene rings is 2. The highest BCUT2D eigenvalue weighted by atomic mass is 16.5. The number of amides is 1. The van der Waals surface area contributed by atoms with Gasteiger partial charge >= 0.3 is 0 Å². The summed E-state index contributed by atoms with van der Waals surface area (Å²) >= 11 is 0. The molecule has 1 amide bonds. The molecule has 3 heteroatoms. The lowest BCUT2D eigenvalue weighted by molar-refractivity contribution is -0.121. The number of ether oxygens (including phenoxy) is 1. The van der Waals surface area contributed by atoms with Gasteiger partial charge in [-0.3, -0.25) is 4.79 Å². The minimum atomic E-state index is -0.139. The van der Waals surface area contributed by atoms with Crippen molar-refractivity contribution in [2.24, 2.45) is 5.92 Å². The fourth-order valence-corrected chi connectivity index (χ4v) is 2.60. The van der Waals surface area contributed by atoms with Crippen LogP contribution in [0.5, 0.6) is 5.75 Å². The van der Waals surface area contributed by atoms with Crippen LogP contribution >= 0.6 is 0 Å². The van der Waals surface area contributed by atoms with E-state index in [1.165, 1.54) is 0 Å². The molecule has 1 aliphatic heterocycles. The molecule has 0 aliphatic carbocycles. The first-order chi connectivity index (χ1) is 10.1. The molecule has 2 aromatic rings. The topological polar surface area (TPSA) is 38.3 Å². The maximum Gasteiger partial charge on any atom is 0.231 e. The van der Waals surface area contributed by atoms with E-state index in [1.54, 1.807) is 0 Å². The van der Waals surface area contributed by atoms with Crippen molar-refractivity contribution in [1.29, 1.82) is 0 Å². The summed E-state index contributed by atoms with van der Waals surface area (Å²) in [6.45, 7) is 4.46. The first kappa shape index (κ1) is 13.7. The smallest absolute Gasteiger partial charge is 0.231 e. The second-order valence-corrected chi connectivity index (χ2v) is 5.63. The number of hydrogen-bond acceptors (Lipinski definition) is 2. The normalized spacial score (nSPS) is 16.8. The van der Waals surface area contributed by atoms with E-state index in [9.17, 15) is 4.79 Å². The molecule has 108 valence electrons. The fraction of sp³-hybridized carbons (Fsp3) is 0.278. The zero-order valence-corrected chi connectivity index (χ0v) is 12.3. The van der Waals surface area contributed by atoms with Crippen LogP contribution in [0.15, 0.2) is 42.5 Å². The Morgan fingerprint density at radius 1 is 1.19 bits per heavy atom. The fourth-order valence-electron chi connectivity index (χ4n) is 2.60. The van der Waals surface area contributed by atoms with E-state index in [1.807, 2.05) is 56.3 Å². The second kappa shape index (κ2) is 5.60. The Balaban J connectivity index is 1.74. The molecule has 0 radical (unpaired) electrons. The minimum Gasteiger partial charge on any atom is -0.492 e. The van der Waals surface area contributed by atoms with E-state index < -0.39 is 0 Å². The summed E-state index contributed by atoms with van der Waals surface area (Å²) in [5.41, 5.74) is 4.20. The van der Waals surface area contributed by atoms with E-state index in [0.29, 0.717) is 6.61 Å². The molecule has 1 N–H and O–H groups in total. The molecule has 3 rings (SSSR count). The summed E-state index contributed by atoms with van der Waals surface area (Å²) in [6, 6.07) is 14.0. The highest BCUT2D eigenvalue weighted by Gasteiger charge is 2.26. The summed E-state index contributed by atoms with van der Waals surface area (Å²) in [4.78, 5) is 12.4. The number of hydrogen-bond donors (Lipinski definition) is 1. The zero-order valence-electron chi connectivity index (χ0n) is 12.3. The van der Waals surface area contributed by atoms with Gasteiger partial charge in [0, 0.05) is 5.69 Å². The average molecular weight is 281 g/mol. The van der Waals surface area contributed by atoms with Crippen molar-refractivity contribution < 1.29 is 9.53 Å². The lowest BCUT2D eigenvalue weighted by atomic mass is 9.96. The van der Waals surface area contributed by atoms with Crippen molar-refractivity contribution in [3.05, 3.63) is 59.2 Å². The largest absolute Gasteiger partial charge is 0.492 e. The van der Waals surface area contributed by atoms with Gasteiger partial charge in [-0.2, -0.15) is 0 Å². The van der Waals surface area contributed by atoms with Gasteiger partial charge in [-0.15, -0.1) is 0 Å². The first-order valence-corrected chi connectivity index (χ1v) is 7.22. The van der Waals surface area contributed by atoms with Crippen LogP contribution in [0.1, 0.15) is 16.7 Å². The molecule has 0 aromatic heterocycles. The molecule has 0 bridgehead atoms. The Labute approximate surface area is 124 Å². The number of carbonyl (C=O) groups excluding carboxylic acids is 1. The summed E-state index contributed by atoms with van der Waals surface area (Å²) in [5.74, 6) is 0.784. The molecular weight excluding hydrogens is 262 g/mol. The van der Waals surface area contributed by atoms with Gasteiger partial charge in [0.25, 0.3) is 0 Å². The van der Waals surface area contributed by atoms with Crippen molar-refractivity contribution in [3.63, 3.8) is 0 Å². The Hall–Kier alpha value is -2.29. The number of anilines is 1. The third kappa shape index (κ3) is 2.92. The summed E-state index contributed by atoms with van der Waals surface area (Å²) < 4.78 is 5.69. The van der Waals surface area contributed by atoms with Crippen molar-refractivity contribution in [2.45, 2.75) is 20.3 Å². The predicted octanol–water partition coefficient (Wildman–Crippen LogP) is 3.49.